The standard InChI is InChI=1S/C11H16N2O3S/c1-7-10(8(2)14)5-12-11(13-7)9-3-4-17(15,16)6-9/h5,8-9,14H,3-4,6H2,1-2H3/t8-,9?/m1/s1. The average molecular weight is 256 g/mol. The molecule has 1 aromatic rings. The second-order valence-electron chi connectivity index (χ2n) is 4.54. The summed E-state index contributed by atoms with van der Waals surface area (Å²) in [6.45, 7) is 3.46. The Labute approximate surface area is 101 Å². The lowest BCUT2D eigenvalue weighted by molar-refractivity contribution is 0.197. The highest BCUT2D eigenvalue weighted by molar-refractivity contribution is 7.91. The number of nitrogens with zero attached hydrogens (tertiary/aromatic N) is 2. The van der Waals surface area contributed by atoms with Crippen LogP contribution in [0.3, 0.4) is 0 Å². The van der Waals surface area contributed by atoms with Crippen LogP contribution >= 0.6 is 0 Å². The molecule has 0 bridgehead atoms. The van der Waals surface area contributed by atoms with Gasteiger partial charge in [-0.2, -0.15) is 0 Å². The number of aliphatic hydroxyl groups excluding tert-OH is 1. The second kappa shape index (κ2) is 4.34. The first-order valence-electron chi connectivity index (χ1n) is 5.61. The van der Waals surface area contributed by atoms with Gasteiger partial charge in [0.2, 0.25) is 0 Å². The maximum atomic E-state index is 11.4. The number of hydrogen-bond acceptors (Lipinski definition) is 5. The fraction of sp³-hybridized carbons (Fsp3) is 0.636. The van der Waals surface area contributed by atoms with E-state index in [-0.39, 0.29) is 17.4 Å². The van der Waals surface area contributed by atoms with Gasteiger partial charge in [-0.15, -0.1) is 0 Å². The zero-order chi connectivity index (χ0) is 12.6. The smallest absolute Gasteiger partial charge is 0.151 e. The molecule has 0 spiro atoms. The van der Waals surface area contributed by atoms with E-state index in [0.29, 0.717) is 23.5 Å². The fourth-order valence-electron chi connectivity index (χ4n) is 2.10. The summed E-state index contributed by atoms with van der Waals surface area (Å²) in [7, 11) is -2.91. The molecule has 1 N–H and O–H groups in total. The normalized spacial score (nSPS) is 24.8. The third-order valence-corrected chi connectivity index (χ3v) is 4.85. The molecule has 0 radical (unpaired) electrons. The van der Waals surface area contributed by atoms with Crippen molar-refractivity contribution in [3.63, 3.8) is 0 Å². The van der Waals surface area contributed by atoms with Crippen LogP contribution in [-0.4, -0.2) is 35.0 Å². The van der Waals surface area contributed by atoms with Gasteiger partial charge in [-0.05, 0) is 20.3 Å². The Bertz CT molecular complexity index is 526. The molecular formula is C11H16N2O3S. The Kier molecular flexibility index (Phi) is 3.18. The van der Waals surface area contributed by atoms with E-state index in [1.54, 1.807) is 20.0 Å². The molecule has 1 fully saturated rings. The van der Waals surface area contributed by atoms with Crippen LogP contribution in [0, 0.1) is 6.92 Å². The molecule has 17 heavy (non-hydrogen) atoms. The van der Waals surface area contributed by atoms with Gasteiger partial charge in [0.1, 0.15) is 5.82 Å². The second-order valence-corrected chi connectivity index (χ2v) is 6.77. The topological polar surface area (TPSA) is 80.2 Å². The van der Waals surface area contributed by atoms with E-state index < -0.39 is 15.9 Å². The lowest BCUT2D eigenvalue weighted by Crippen LogP contribution is -2.10. The van der Waals surface area contributed by atoms with Gasteiger partial charge in [0.05, 0.1) is 17.6 Å². The summed E-state index contributed by atoms with van der Waals surface area (Å²) >= 11 is 0. The van der Waals surface area contributed by atoms with Crippen molar-refractivity contribution in [2.24, 2.45) is 0 Å². The molecule has 1 aromatic heterocycles. The van der Waals surface area contributed by atoms with Crippen LogP contribution in [0.1, 0.15) is 42.4 Å². The van der Waals surface area contributed by atoms with E-state index >= 15 is 0 Å². The maximum Gasteiger partial charge on any atom is 0.151 e. The molecule has 94 valence electrons. The number of hydrogen-bond donors (Lipinski definition) is 1. The molecule has 5 nitrogen and oxygen atoms in total. The first kappa shape index (κ1) is 12.4. The van der Waals surface area contributed by atoms with Crippen molar-refractivity contribution in [2.75, 3.05) is 11.5 Å². The lowest BCUT2D eigenvalue weighted by atomic mass is 10.1. The van der Waals surface area contributed by atoms with Crippen LogP contribution in [-0.2, 0) is 9.84 Å². The predicted octanol–water partition coefficient (Wildman–Crippen LogP) is 0.740. The van der Waals surface area contributed by atoms with Gasteiger partial charge in [0, 0.05) is 23.4 Å². The molecule has 0 aliphatic carbocycles. The van der Waals surface area contributed by atoms with E-state index in [4.69, 9.17) is 0 Å². The molecule has 6 heteroatoms. The van der Waals surface area contributed by atoms with Crippen LogP contribution in [0.15, 0.2) is 6.20 Å². The molecule has 2 heterocycles. The summed E-state index contributed by atoms with van der Waals surface area (Å²) in [4.78, 5) is 8.48. The van der Waals surface area contributed by atoms with Gasteiger partial charge < -0.3 is 5.11 Å². The average Bonchev–Trinajstić information content (AvgIpc) is 2.58. The van der Waals surface area contributed by atoms with E-state index in [1.165, 1.54) is 0 Å². The minimum atomic E-state index is -2.91. The minimum absolute atomic E-state index is 0.0956. The van der Waals surface area contributed by atoms with Crippen molar-refractivity contribution in [3.05, 3.63) is 23.3 Å². The monoisotopic (exact) mass is 256 g/mol. The highest BCUT2D eigenvalue weighted by atomic mass is 32.2. The molecule has 2 rings (SSSR count). The molecule has 1 unspecified atom stereocenters. The first-order chi connectivity index (χ1) is 7.89. The number of sulfone groups is 1. The fourth-order valence-corrected chi connectivity index (χ4v) is 3.84. The van der Waals surface area contributed by atoms with E-state index in [9.17, 15) is 13.5 Å². The van der Waals surface area contributed by atoms with E-state index in [2.05, 4.69) is 9.97 Å². The summed E-state index contributed by atoms with van der Waals surface area (Å²) in [6.07, 6.45) is 1.58. The number of aromatic nitrogens is 2. The third-order valence-electron chi connectivity index (χ3n) is 3.08. The molecule has 0 aromatic carbocycles. The summed E-state index contributed by atoms with van der Waals surface area (Å²) in [5.74, 6) is 0.841. The summed E-state index contributed by atoms with van der Waals surface area (Å²) in [5, 5.41) is 9.47. The SMILES string of the molecule is Cc1nc(C2CCS(=O)(=O)C2)ncc1[C@@H](C)O. The molecule has 1 aliphatic heterocycles. The van der Waals surface area contributed by atoms with Crippen molar-refractivity contribution in [1.29, 1.82) is 0 Å². The highest BCUT2D eigenvalue weighted by Crippen LogP contribution is 2.27. The molecule has 0 saturated carbocycles. The van der Waals surface area contributed by atoms with Crippen molar-refractivity contribution >= 4 is 9.84 Å². The van der Waals surface area contributed by atoms with Gasteiger partial charge in [-0.25, -0.2) is 18.4 Å². The summed E-state index contributed by atoms with van der Waals surface area (Å²) in [6, 6.07) is 0. The van der Waals surface area contributed by atoms with Crippen molar-refractivity contribution in [3.8, 4) is 0 Å². The minimum Gasteiger partial charge on any atom is -0.389 e. The number of aliphatic hydroxyl groups is 1. The van der Waals surface area contributed by atoms with Gasteiger partial charge in [-0.1, -0.05) is 0 Å². The largest absolute Gasteiger partial charge is 0.389 e. The Morgan fingerprint density at radius 2 is 2.24 bits per heavy atom. The van der Waals surface area contributed by atoms with Gasteiger partial charge in [0.15, 0.2) is 9.84 Å². The van der Waals surface area contributed by atoms with Crippen LogP contribution in [0.4, 0.5) is 0 Å². The Balaban J connectivity index is 2.27. The number of rotatable bonds is 2. The van der Waals surface area contributed by atoms with Crippen molar-refractivity contribution in [2.45, 2.75) is 32.3 Å². The summed E-state index contributed by atoms with van der Waals surface area (Å²) in [5.41, 5.74) is 1.41. The summed E-state index contributed by atoms with van der Waals surface area (Å²) < 4.78 is 22.8. The Morgan fingerprint density at radius 3 is 2.71 bits per heavy atom. The Morgan fingerprint density at radius 1 is 1.53 bits per heavy atom. The molecular weight excluding hydrogens is 240 g/mol. The van der Waals surface area contributed by atoms with E-state index in [1.807, 2.05) is 0 Å². The predicted molar refractivity (Wildman–Crippen MR) is 63.4 cm³/mol. The zero-order valence-corrected chi connectivity index (χ0v) is 10.7. The van der Waals surface area contributed by atoms with Crippen molar-refractivity contribution in [1.82, 2.24) is 9.97 Å². The van der Waals surface area contributed by atoms with Crippen LogP contribution in [0.2, 0.25) is 0 Å². The molecule has 1 saturated heterocycles. The highest BCUT2D eigenvalue weighted by Gasteiger charge is 2.31. The number of aryl methyl sites for hydroxylation is 1. The first-order valence-corrected chi connectivity index (χ1v) is 7.43. The molecule has 1 aliphatic rings. The van der Waals surface area contributed by atoms with Crippen LogP contribution in [0.25, 0.3) is 0 Å². The van der Waals surface area contributed by atoms with Gasteiger partial charge >= 0.3 is 0 Å². The van der Waals surface area contributed by atoms with E-state index in [0.717, 1.165) is 0 Å². The van der Waals surface area contributed by atoms with Crippen molar-refractivity contribution < 1.29 is 13.5 Å². The maximum absolute atomic E-state index is 11.4. The Hall–Kier alpha value is -1.01. The van der Waals surface area contributed by atoms with Crippen LogP contribution < -0.4 is 0 Å². The van der Waals surface area contributed by atoms with Gasteiger partial charge in [0.25, 0.3) is 0 Å². The molecule has 0 amide bonds. The van der Waals surface area contributed by atoms with Gasteiger partial charge in [-0.3, -0.25) is 0 Å². The van der Waals surface area contributed by atoms with Crippen LogP contribution in [0.5, 0.6) is 0 Å². The zero-order valence-electron chi connectivity index (χ0n) is 9.92. The molecule has 2 atom stereocenters. The quantitative estimate of drug-likeness (QED) is 0.844. The lowest BCUT2D eigenvalue weighted by Gasteiger charge is -2.11. The third kappa shape index (κ3) is 2.63.